The standard InChI is InChI=1S/C45H40N6O4/c1-44(2,3)29-19-33(23-35(21-29)54-41-11-7-9-17-47-41)52-31-13-15-37-38-16-14-32(26-40(38)51(39(37)25-31)43-49-27-46-28-50-43)53-34-20-30(45(4,5)6)22-36(24-34)55-42-12-8-10-18-48-42/h7-28H,1-6H3. The van der Waals surface area contributed by atoms with Crippen molar-refractivity contribution in [1.82, 2.24) is 29.5 Å². The molecule has 0 saturated carbocycles. The molecule has 0 spiro atoms. The van der Waals surface area contributed by atoms with Gasteiger partial charge in [-0.2, -0.15) is 0 Å². The Morgan fingerprint density at radius 3 is 1.27 bits per heavy atom. The van der Waals surface area contributed by atoms with E-state index in [1.807, 2.05) is 102 Å². The molecule has 274 valence electrons. The average Bonchev–Trinajstić information content (AvgIpc) is 3.48. The minimum Gasteiger partial charge on any atom is -0.457 e. The molecule has 0 aliphatic carbocycles. The Hall–Kier alpha value is -6.81. The smallest absolute Gasteiger partial charge is 0.237 e. The van der Waals surface area contributed by atoms with Gasteiger partial charge in [-0.25, -0.2) is 24.9 Å². The first-order valence-electron chi connectivity index (χ1n) is 18.0. The molecule has 0 saturated heterocycles. The Morgan fingerprint density at radius 1 is 0.436 bits per heavy atom. The van der Waals surface area contributed by atoms with E-state index in [0.717, 1.165) is 32.9 Å². The summed E-state index contributed by atoms with van der Waals surface area (Å²) in [6.45, 7) is 12.9. The van der Waals surface area contributed by atoms with Crippen LogP contribution in [0.2, 0.25) is 0 Å². The molecule has 0 aliphatic rings. The number of ether oxygens (including phenoxy) is 4. The molecule has 0 aliphatic heterocycles. The number of aromatic nitrogens is 6. The van der Waals surface area contributed by atoms with Crippen LogP contribution < -0.4 is 18.9 Å². The van der Waals surface area contributed by atoms with E-state index in [-0.39, 0.29) is 10.8 Å². The van der Waals surface area contributed by atoms with Crippen molar-refractivity contribution in [3.8, 4) is 52.2 Å². The van der Waals surface area contributed by atoms with Crippen LogP contribution >= 0.6 is 0 Å². The van der Waals surface area contributed by atoms with Crippen LogP contribution in [0, 0.1) is 0 Å². The maximum atomic E-state index is 6.57. The highest BCUT2D eigenvalue weighted by molar-refractivity contribution is 6.09. The quantitative estimate of drug-likeness (QED) is 0.143. The number of rotatable bonds is 9. The van der Waals surface area contributed by atoms with Gasteiger partial charge in [0.15, 0.2) is 0 Å². The van der Waals surface area contributed by atoms with E-state index < -0.39 is 0 Å². The lowest BCUT2D eigenvalue weighted by atomic mass is 9.87. The van der Waals surface area contributed by atoms with Crippen molar-refractivity contribution in [2.75, 3.05) is 0 Å². The fourth-order valence-electron chi connectivity index (χ4n) is 6.24. The lowest BCUT2D eigenvalue weighted by molar-refractivity contribution is 0.443. The predicted molar refractivity (Wildman–Crippen MR) is 213 cm³/mol. The van der Waals surface area contributed by atoms with E-state index >= 15 is 0 Å². The zero-order valence-electron chi connectivity index (χ0n) is 31.5. The molecule has 0 unspecified atom stereocenters. The van der Waals surface area contributed by atoms with E-state index in [1.165, 1.54) is 12.7 Å². The van der Waals surface area contributed by atoms with Crippen LogP contribution in [0.15, 0.2) is 134 Å². The number of hydrogen-bond donors (Lipinski definition) is 0. The number of pyridine rings is 2. The van der Waals surface area contributed by atoms with Crippen LogP contribution in [-0.4, -0.2) is 29.5 Å². The number of fused-ring (bicyclic) bond motifs is 3. The first kappa shape index (κ1) is 35.2. The number of nitrogens with zero attached hydrogens (tertiary/aromatic N) is 6. The Morgan fingerprint density at radius 2 is 0.873 bits per heavy atom. The van der Waals surface area contributed by atoms with Crippen LogP contribution in [0.1, 0.15) is 52.7 Å². The molecule has 0 N–H and O–H groups in total. The van der Waals surface area contributed by atoms with Crippen molar-refractivity contribution in [3.63, 3.8) is 0 Å². The van der Waals surface area contributed by atoms with Gasteiger partial charge in [-0.05, 0) is 82.6 Å². The molecule has 0 fully saturated rings. The third-order valence-corrected chi connectivity index (χ3v) is 9.07. The van der Waals surface area contributed by atoms with Gasteiger partial charge in [-0.3, -0.25) is 4.57 Å². The molecule has 8 aromatic rings. The van der Waals surface area contributed by atoms with Crippen LogP contribution in [0.5, 0.6) is 46.3 Å². The minimum atomic E-state index is -0.155. The fourth-order valence-corrected chi connectivity index (χ4v) is 6.24. The molecule has 0 radical (unpaired) electrons. The zero-order chi connectivity index (χ0) is 38.2. The summed E-state index contributed by atoms with van der Waals surface area (Å²) in [6.07, 6.45) is 6.39. The SMILES string of the molecule is CC(C)(C)c1cc(Oc2ccc3c4ccc(Oc5cc(Oc6ccccn6)cc(C(C)(C)C)c5)cc4n(-c4ncncn4)c3c2)cc(Oc2ccccn2)c1. The summed E-state index contributed by atoms with van der Waals surface area (Å²) in [5.74, 6) is 5.30. The van der Waals surface area contributed by atoms with Gasteiger partial charge >= 0.3 is 0 Å². The van der Waals surface area contributed by atoms with Gasteiger partial charge < -0.3 is 18.9 Å². The van der Waals surface area contributed by atoms with E-state index in [4.69, 9.17) is 18.9 Å². The summed E-state index contributed by atoms with van der Waals surface area (Å²) in [5.41, 5.74) is 3.53. The third kappa shape index (κ3) is 7.79. The third-order valence-electron chi connectivity index (χ3n) is 9.07. The minimum absolute atomic E-state index is 0.155. The molecule has 0 atom stereocenters. The van der Waals surface area contributed by atoms with E-state index in [1.54, 1.807) is 12.4 Å². The summed E-state index contributed by atoms with van der Waals surface area (Å²) >= 11 is 0. The van der Waals surface area contributed by atoms with Gasteiger partial charge in [-0.1, -0.05) is 53.7 Å². The molecule has 4 aromatic carbocycles. The Balaban J connectivity index is 1.18. The monoisotopic (exact) mass is 728 g/mol. The average molecular weight is 729 g/mol. The summed E-state index contributed by atoms with van der Waals surface area (Å²) in [6, 6.07) is 35.1. The van der Waals surface area contributed by atoms with Crippen LogP contribution in [0.3, 0.4) is 0 Å². The van der Waals surface area contributed by atoms with Gasteiger partial charge in [-0.15, -0.1) is 0 Å². The summed E-state index contributed by atoms with van der Waals surface area (Å²) in [7, 11) is 0. The second-order valence-corrected chi connectivity index (χ2v) is 15.3. The van der Waals surface area contributed by atoms with Crippen LogP contribution in [-0.2, 0) is 10.8 Å². The summed E-state index contributed by atoms with van der Waals surface area (Å²) in [4.78, 5) is 21.8. The van der Waals surface area contributed by atoms with E-state index in [0.29, 0.717) is 52.2 Å². The molecular formula is C45H40N6O4. The lowest BCUT2D eigenvalue weighted by Gasteiger charge is -2.21. The van der Waals surface area contributed by atoms with Crippen LogP contribution in [0.25, 0.3) is 27.8 Å². The second-order valence-electron chi connectivity index (χ2n) is 15.3. The van der Waals surface area contributed by atoms with Gasteiger partial charge in [0.25, 0.3) is 0 Å². The molecule has 0 bridgehead atoms. The summed E-state index contributed by atoms with van der Waals surface area (Å²) in [5, 5.41) is 2.00. The second kappa shape index (κ2) is 14.2. The topological polar surface area (TPSA) is 106 Å². The lowest BCUT2D eigenvalue weighted by Crippen LogP contribution is -2.11. The highest BCUT2D eigenvalue weighted by Gasteiger charge is 2.21. The Bertz CT molecular complexity index is 2450. The molecule has 4 aromatic heterocycles. The van der Waals surface area contributed by atoms with E-state index in [9.17, 15) is 0 Å². The molecule has 55 heavy (non-hydrogen) atoms. The maximum absolute atomic E-state index is 6.57. The Labute approximate surface area is 319 Å². The molecule has 10 nitrogen and oxygen atoms in total. The first-order valence-corrected chi connectivity index (χ1v) is 18.0. The number of benzene rings is 4. The zero-order valence-corrected chi connectivity index (χ0v) is 31.5. The maximum Gasteiger partial charge on any atom is 0.237 e. The predicted octanol–water partition coefficient (Wildman–Crippen LogP) is 11.5. The van der Waals surface area contributed by atoms with Gasteiger partial charge in [0.1, 0.15) is 47.2 Å². The highest BCUT2D eigenvalue weighted by Crippen LogP contribution is 2.40. The molecular weight excluding hydrogens is 689 g/mol. The van der Waals surface area contributed by atoms with E-state index in [2.05, 4.69) is 78.6 Å². The molecule has 10 heteroatoms. The van der Waals surface area contributed by atoms with Crippen LogP contribution in [0.4, 0.5) is 0 Å². The molecule has 0 amide bonds. The van der Waals surface area contributed by atoms with Crippen molar-refractivity contribution in [1.29, 1.82) is 0 Å². The van der Waals surface area contributed by atoms with Crippen molar-refractivity contribution in [3.05, 3.63) is 145 Å². The van der Waals surface area contributed by atoms with Crippen molar-refractivity contribution >= 4 is 21.8 Å². The normalized spacial score (nSPS) is 11.8. The first-order chi connectivity index (χ1) is 26.5. The van der Waals surface area contributed by atoms with Crippen molar-refractivity contribution in [2.24, 2.45) is 0 Å². The molecule has 8 rings (SSSR count). The fraction of sp³-hybridized carbons (Fsp3) is 0.178. The van der Waals surface area contributed by atoms with Crippen molar-refractivity contribution in [2.45, 2.75) is 52.4 Å². The van der Waals surface area contributed by atoms with Gasteiger partial charge in [0.2, 0.25) is 17.7 Å². The van der Waals surface area contributed by atoms with Crippen molar-refractivity contribution < 1.29 is 18.9 Å². The number of hydrogen-bond acceptors (Lipinski definition) is 9. The molecule has 4 heterocycles. The Kier molecular flexibility index (Phi) is 9.10. The van der Waals surface area contributed by atoms with Gasteiger partial charge in [0.05, 0.1) is 11.0 Å². The van der Waals surface area contributed by atoms with Gasteiger partial charge in [0, 0.05) is 59.6 Å². The largest absolute Gasteiger partial charge is 0.457 e. The highest BCUT2D eigenvalue weighted by atomic mass is 16.5. The summed E-state index contributed by atoms with van der Waals surface area (Å²) < 4.78 is 27.4.